The number of carboxylic acids is 1. The molecule has 3 heteroatoms. The van der Waals surface area contributed by atoms with Crippen LogP contribution in [0.5, 0.6) is 0 Å². The average Bonchev–Trinajstić information content (AvgIpc) is 2.76. The van der Waals surface area contributed by atoms with Gasteiger partial charge in [-0.2, -0.15) is 0 Å². The van der Waals surface area contributed by atoms with E-state index < -0.39 is 11.4 Å². The van der Waals surface area contributed by atoms with E-state index in [9.17, 15) is 9.90 Å². The maximum absolute atomic E-state index is 11.6. The Morgan fingerprint density at radius 3 is 2.62 bits per heavy atom. The van der Waals surface area contributed by atoms with Crippen LogP contribution in [0.1, 0.15) is 56.3 Å². The van der Waals surface area contributed by atoms with Gasteiger partial charge in [0.05, 0.1) is 5.41 Å². The zero-order valence-electron chi connectivity index (χ0n) is 13.6. The van der Waals surface area contributed by atoms with Gasteiger partial charge in [0.25, 0.3) is 0 Å². The van der Waals surface area contributed by atoms with E-state index >= 15 is 0 Å². The van der Waals surface area contributed by atoms with Crippen LogP contribution < -0.4 is 5.32 Å². The van der Waals surface area contributed by atoms with Crippen molar-refractivity contribution in [1.29, 1.82) is 0 Å². The summed E-state index contributed by atoms with van der Waals surface area (Å²) >= 11 is 0. The topological polar surface area (TPSA) is 49.3 Å². The first-order valence-electron chi connectivity index (χ1n) is 7.99. The lowest BCUT2D eigenvalue weighted by Crippen LogP contribution is -2.42. The van der Waals surface area contributed by atoms with Gasteiger partial charge in [0, 0.05) is 12.6 Å². The molecule has 2 N–H and O–H groups in total. The molecule has 0 amide bonds. The number of hydrogen-bond acceptors (Lipinski definition) is 2. The molecule has 0 heterocycles. The van der Waals surface area contributed by atoms with E-state index in [1.807, 2.05) is 13.8 Å². The number of fused-ring (bicyclic) bond motifs is 1. The molecule has 0 saturated heterocycles. The third kappa shape index (κ3) is 2.98. The van der Waals surface area contributed by atoms with E-state index in [2.05, 4.69) is 37.4 Å². The number of aryl methyl sites for hydroxylation is 1. The van der Waals surface area contributed by atoms with Crippen molar-refractivity contribution in [2.24, 2.45) is 11.3 Å². The minimum absolute atomic E-state index is 0.275. The molecule has 0 aliphatic heterocycles. The Morgan fingerprint density at radius 2 is 2.05 bits per heavy atom. The van der Waals surface area contributed by atoms with Gasteiger partial charge in [-0.3, -0.25) is 4.79 Å². The van der Waals surface area contributed by atoms with Crippen molar-refractivity contribution in [2.75, 3.05) is 6.54 Å². The third-order valence-corrected chi connectivity index (χ3v) is 5.21. The molecule has 0 aromatic heterocycles. The van der Waals surface area contributed by atoms with Crippen molar-refractivity contribution in [3.05, 3.63) is 34.9 Å². The number of carboxylic acid groups (broad SMARTS) is 1. The molecule has 0 fully saturated rings. The molecule has 116 valence electrons. The summed E-state index contributed by atoms with van der Waals surface area (Å²) in [5.41, 5.74) is 3.38. The molecule has 3 nitrogen and oxygen atoms in total. The van der Waals surface area contributed by atoms with Gasteiger partial charge in [-0.25, -0.2) is 0 Å². The lowest BCUT2D eigenvalue weighted by molar-refractivity contribution is -0.149. The van der Waals surface area contributed by atoms with E-state index in [1.165, 1.54) is 16.7 Å². The van der Waals surface area contributed by atoms with Crippen LogP contribution in [0, 0.1) is 18.3 Å². The molecule has 21 heavy (non-hydrogen) atoms. The first-order chi connectivity index (χ1) is 9.93. The van der Waals surface area contributed by atoms with E-state index in [-0.39, 0.29) is 6.04 Å². The molecule has 0 radical (unpaired) electrons. The second-order valence-corrected chi connectivity index (χ2v) is 6.53. The maximum Gasteiger partial charge on any atom is 0.310 e. The smallest absolute Gasteiger partial charge is 0.310 e. The Kier molecular flexibility index (Phi) is 4.72. The Morgan fingerprint density at radius 1 is 1.38 bits per heavy atom. The number of carbonyl (C=O) groups is 1. The zero-order valence-corrected chi connectivity index (χ0v) is 13.6. The standard InChI is InChI=1S/C18H27NO2/c1-5-18(6-2,17(20)21)11-19-16-13(4)10-14-8-7-12(3)9-15(14)16/h7-9,13,16,19H,5-6,10-11H2,1-4H3,(H,20,21). The highest BCUT2D eigenvalue weighted by Crippen LogP contribution is 2.37. The second-order valence-electron chi connectivity index (χ2n) is 6.53. The molecule has 1 aromatic rings. The van der Waals surface area contributed by atoms with E-state index in [1.54, 1.807) is 0 Å². The molecular weight excluding hydrogens is 262 g/mol. The highest BCUT2D eigenvalue weighted by molar-refractivity contribution is 5.74. The summed E-state index contributed by atoms with van der Waals surface area (Å²) in [6, 6.07) is 6.90. The molecule has 0 bridgehead atoms. The van der Waals surface area contributed by atoms with Crippen LogP contribution in [0.4, 0.5) is 0 Å². The largest absolute Gasteiger partial charge is 0.481 e. The quantitative estimate of drug-likeness (QED) is 0.839. The number of hydrogen-bond donors (Lipinski definition) is 2. The van der Waals surface area contributed by atoms with Gasteiger partial charge in [0.15, 0.2) is 0 Å². The van der Waals surface area contributed by atoms with Crippen LogP contribution in [0.2, 0.25) is 0 Å². The minimum atomic E-state index is -0.685. The molecule has 2 unspecified atom stereocenters. The first kappa shape index (κ1) is 16.0. The van der Waals surface area contributed by atoms with Crippen molar-refractivity contribution < 1.29 is 9.90 Å². The Hall–Kier alpha value is -1.35. The van der Waals surface area contributed by atoms with Gasteiger partial charge in [-0.15, -0.1) is 0 Å². The van der Waals surface area contributed by atoms with Gasteiger partial charge in [-0.05, 0) is 43.2 Å². The zero-order chi connectivity index (χ0) is 15.6. The normalized spacial score (nSPS) is 21.3. The van der Waals surface area contributed by atoms with Crippen molar-refractivity contribution in [3.8, 4) is 0 Å². The van der Waals surface area contributed by atoms with Gasteiger partial charge >= 0.3 is 5.97 Å². The molecule has 1 aliphatic rings. The summed E-state index contributed by atoms with van der Waals surface area (Å²) in [4.78, 5) is 11.6. The number of nitrogens with one attached hydrogen (secondary N) is 1. The monoisotopic (exact) mass is 289 g/mol. The highest BCUT2D eigenvalue weighted by Gasteiger charge is 2.37. The Labute approximate surface area is 127 Å². The molecule has 0 saturated carbocycles. The highest BCUT2D eigenvalue weighted by atomic mass is 16.4. The second kappa shape index (κ2) is 6.18. The average molecular weight is 289 g/mol. The molecular formula is C18H27NO2. The SMILES string of the molecule is CCC(CC)(CNC1c2cc(C)ccc2CC1C)C(=O)O. The summed E-state index contributed by atoms with van der Waals surface area (Å²) in [7, 11) is 0. The fourth-order valence-corrected chi connectivity index (χ4v) is 3.46. The number of benzene rings is 1. The minimum Gasteiger partial charge on any atom is -0.481 e. The van der Waals surface area contributed by atoms with E-state index in [0.717, 1.165) is 6.42 Å². The summed E-state index contributed by atoms with van der Waals surface area (Å²) < 4.78 is 0. The van der Waals surface area contributed by atoms with Crippen LogP contribution in [-0.4, -0.2) is 17.6 Å². The van der Waals surface area contributed by atoms with E-state index in [0.29, 0.717) is 25.3 Å². The predicted molar refractivity (Wildman–Crippen MR) is 85.4 cm³/mol. The summed E-state index contributed by atoms with van der Waals surface area (Å²) in [5, 5.41) is 13.1. The van der Waals surface area contributed by atoms with Gasteiger partial charge in [0.2, 0.25) is 0 Å². The Bertz CT molecular complexity index is 520. The van der Waals surface area contributed by atoms with Crippen LogP contribution in [0.15, 0.2) is 18.2 Å². The summed E-state index contributed by atoms with van der Waals surface area (Å²) in [6.45, 7) is 8.83. The molecule has 2 rings (SSSR count). The fraction of sp³-hybridized carbons (Fsp3) is 0.611. The maximum atomic E-state index is 11.6. The molecule has 1 aliphatic carbocycles. The van der Waals surface area contributed by atoms with Crippen molar-refractivity contribution in [2.45, 2.75) is 53.0 Å². The summed E-state index contributed by atoms with van der Waals surface area (Å²) in [5.74, 6) is -0.169. The molecule has 0 spiro atoms. The van der Waals surface area contributed by atoms with Crippen molar-refractivity contribution in [1.82, 2.24) is 5.32 Å². The fourth-order valence-electron chi connectivity index (χ4n) is 3.46. The van der Waals surface area contributed by atoms with Gasteiger partial charge in [-0.1, -0.05) is 44.5 Å². The van der Waals surface area contributed by atoms with E-state index in [4.69, 9.17) is 0 Å². The lowest BCUT2D eigenvalue weighted by atomic mass is 9.82. The van der Waals surface area contributed by atoms with Crippen LogP contribution in [0.25, 0.3) is 0 Å². The Balaban J connectivity index is 2.17. The summed E-state index contributed by atoms with van der Waals surface area (Å²) in [6.07, 6.45) is 2.40. The van der Waals surface area contributed by atoms with Crippen molar-refractivity contribution in [3.63, 3.8) is 0 Å². The number of aliphatic carboxylic acids is 1. The number of rotatable bonds is 6. The predicted octanol–water partition coefficient (Wildman–Crippen LogP) is 3.71. The van der Waals surface area contributed by atoms with Crippen LogP contribution >= 0.6 is 0 Å². The third-order valence-electron chi connectivity index (χ3n) is 5.21. The molecule has 2 atom stereocenters. The van der Waals surface area contributed by atoms with Crippen molar-refractivity contribution >= 4 is 5.97 Å². The first-order valence-corrected chi connectivity index (χ1v) is 7.99. The van der Waals surface area contributed by atoms with Gasteiger partial charge < -0.3 is 10.4 Å². The van der Waals surface area contributed by atoms with Crippen LogP contribution in [-0.2, 0) is 11.2 Å². The molecule has 1 aromatic carbocycles. The van der Waals surface area contributed by atoms with Crippen LogP contribution in [0.3, 0.4) is 0 Å². The van der Waals surface area contributed by atoms with Gasteiger partial charge in [0.1, 0.15) is 0 Å². The lowest BCUT2D eigenvalue weighted by Gasteiger charge is -2.30.